The van der Waals surface area contributed by atoms with Crippen LogP contribution in [0.4, 0.5) is 0 Å². The van der Waals surface area contributed by atoms with Gasteiger partial charge in [-0.25, -0.2) is 4.98 Å². The van der Waals surface area contributed by atoms with Crippen molar-refractivity contribution >= 4 is 11.9 Å². The number of rotatable bonds is 6. The lowest BCUT2D eigenvalue weighted by Crippen LogP contribution is -2.39. The SMILES string of the molecule is CC(C)N(CCC(=O)O)C(=O)c1n[nH]c(C2CC2)n1. The number of carbonyl (C=O) groups excluding carboxylic acids is 1. The minimum Gasteiger partial charge on any atom is -0.481 e. The third-order valence-electron chi connectivity index (χ3n) is 3.11. The maximum Gasteiger partial charge on any atom is 0.305 e. The van der Waals surface area contributed by atoms with Gasteiger partial charge in [0.15, 0.2) is 0 Å². The van der Waals surface area contributed by atoms with E-state index in [4.69, 9.17) is 5.11 Å². The van der Waals surface area contributed by atoms with Crippen molar-refractivity contribution in [2.75, 3.05) is 6.54 Å². The molecule has 1 fully saturated rings. The molecule has 1 aromatic rings. The molecule has 1 aliphatic carbocycles. The van der Waals surface area contributed by atoms with Crippen molar-refractivity contribution in [2.24, 2.45) is 0 Å². The topological polar surface area (TPSA) is 99.2 Å². The molecule has 1 aliphatic rings. The molecule has 0 unspecified atom stereocenters. The molecule has 0 radical (unpaired) electrons. The van der Waals surface area contributed by atoms with Crippen LogP contribution in [0.1, 0.15) is 55.5 Å². The minimum atomic E-state index is -0.924. The Morgan fingerprint density at radius 1 is 1.47 bits per heavy atom. The monoisotopic (exact) mass is 266 g/mol. The van der Waals surface area contributed by atoms with E-state index in [2.05, 4.69) is 15.2 Å². The first-order valence-corrected chi connectivity index (χ1v) is 6.44. The quantitative estimate of drug-likeness (QED) is 0.800. The van der Waals surface area contributed by atoms with Crippen LogP contribution >= 0.6 is 0 Å². The fourth-order valence-corrected chi connectivity index (χ4v) is 1.85. The van der Waals surface area contributed by atoms with Crippen molar-refractivity contribution in [3.63, 3.8) is 0 Å². The van der Waals surface area contributed by atoms with Gasteiger partial charge in [-0.1, -0.05) is 0 Å². The highest BCUT2D eigenvalue weighted by Crippen LogP contribution is 2.37. The molecule has 0 aromatic carbocycles. The average molecular weight is 266 g/mol. The molecular formula is C12H18N4O3. The highest BCUT2D eigenvalue weighted by atomic mass is 16.4. The molecule has 0 bridgehead atoms. The van der Waals surface area contributed by atoms with Gasteiger partial charge in [0, 0.05) is 18.5 Å². The predicted molar refractivity (Wildman–Crippen MR) is 66.8 cm³/mol. The Balaban J connectivity index is 2.06. The summed E-state index contributed by atoms with van der Waals surface area (Å²) in [6.45, 7) is 3.85. The van der Waals surface area contributed by atoms with E-state index in [9.17, 15) is 9.59 Å². The zero-order valence-electron chi connectivity index (χ0n) is 11.1. The van der Waals surface area contributed by atoms with Gasteiger partial charge in [-0.15, -0.1) is 5.10 Å². The van der Waals surface area contributed by atoms with Crippen LogP contribution in [0.3, 0.4) is 0 Å². The average Bonchev–Trinajstić information content (AvgIpc) is 3.06. The molecule has 7 heteroatoms. The van der Waals surface area contributed by atoms with Crippen LogP contribution < -0.4 is 0 Å². The predicted octanol–water partition coefficient (Wildman–Crippen LogP) is 1.01. The molecule has 2 N–H and O–H groups in total. The molecule has 7 nitrogen and oxygen atoms in total. The largest absolute Gasteiger partial charge is 0.481 e. The number of hydrogen-bond acceptors (Lipinski definition) is 4. The third-order valence-corrected chi connectivity index (χ3v) is 3.11. The normalized spacial score (nSPS) is 14.7. The second-order valence-corrected chi connectivity index (χ2v) is 5.05. The minimum absolute atomic E-state index is 0.0795. The number of H-pyrrole nitrogens is 1. The summed E-state index contributed by atoms with van der Waals surface area (Å²) in [5.41, 5.74) is 0. The van der Waals surface area contributed by atoms with Gasteiger partial charge in [-0.3, -0.25) is 14.7 Å². The van der Waals surface area contributed by atoms with Crippen molar-refractivity contribution in [1.82, 2.24) is 20.1 Å². The van der Waals surface area contributed by atoms with Gasteiger partial charge in [0.1, 0.15) is 5.82 Å². The number of carboxylic acids is 1. The number of amides is 1. The summed E-state index contributed by atoms with van der Waals surface area (Å²) in [4.78, 5) is 28.5. The number of carboxylic acid groups (broad SMARTS) is 1. The zero-order valence-corrected chi connectivity index (χ0v) is 11.1. The molecular weight excluding hydrogens is 248 g/mol. The van der Waals surface area contributed by atoms with Gasteiger partial charge >= 0.3 is 5.97 Å². The molecule has 0 aliphatic heterocycles. The van der Waals surface area contributed by atoms with Gasteiger partial charge in [-0.2, -0.15) is 0 Å². The molecule has 1 amide bonds. The van der Waals surface area contributed by atoms with E-state index >= 15 is 0 Å². The van der Waals surface area contributed by atoms with Crippen molar-refractivity contribution < 1.29 is 14.7 Å². The standard InChI is InChI=1S/C12H18N4O3/c1-7(2)16(6-5-9(17)18)12(19)11-13-10(14-15-11)8-3-4-8/h7-8H,3-6H2,1-2H3,(H,17,18)(H,13,14,15). The Labute approximate surface area is 111 Å². The lowest BCUT2D eigenvalue weighted by atomic mass is 10.2. The van der Waals surface area contributed by atoms with E-state index in [1.54, 1.807) is 0 Å². The van der Waals surface area contributed by atoms with E-state index < -0.39 is 5.97 Å². The van der Waals surface area contributed by atoms with Crippen molar-refractivity contribution in [1.29, 1.82) is 0 Å². The van der Waals surface area contributed by atoms with Crippen LogP contribution in [0.25, 0.3) is 0 Å². The second-order valence-electron chi connectivity index (χ2n) is 5.05. The Morgan fingerprint density at radius 2 is 2.16 bits per heavy atom. The summed E-state index contributed by atoms with van der Waals surface area (Å²) >= 11 is 0. The summed E-state index contributed by atoms with van der Waals surface area (Å²) in [7, 11) is 0. The van der Waals surface area contributed by atoms with Crippen LogP contribution in [-0.4, -0.2) is 49.7 Å². The highest BCUT2D eigenvalue weighted by Gasteiger charge is 2.29. The number of nitrogens with zero attached hydrogens (tertiary/aromatic N) is 3. The Hall–Kier alpha value is -1.92. The van der Waals surface area contributed by atoms with Crippen LogP contribution in [0.2, 0.25) is 0 Å². The molecule has 0 saturated heterocycles. The van der Waals surface area contributed by atoms with Crippen LogP contribution in [0.5, 0.6) is 0 Å². The Morgan fingerprint density at radius 3 is 2.68 bits per heavy atom. The van der Waals surface area contributed by atoms with Gasteiger partial charge in [0.2, 0.25) is 5.82 Å². The van der Waals surface area contributed by atoms with Crippen LogP contribution in [-0.2, 0) is 4.79 Å². The number of hydrogen-bond donors (Lipinski definition) is 2. The molecule has 0 spiro atoms. The fraction of sp³-hybridized carbons (Fsp3) is 0.667. The molecule has 1 heterocycles. The van der Waals surface area contributed by atoms with Crippen LogP contribution in [0.15, 0.2) is 0 Å². The summed E-state index contributed by atoms with van der Waals surface area (Å²) in [6.07, 6.45) is 2.08. The first kappa shape index (κ1) is 13.5. The number of nitrogens with one attached hydrogen (secondary N) is 1. The van der Waals surface area contributed by atoms with E-state index in [1.165, 1.54) is 4.90 Å². The zero-order chi connectivity index (χ0) is 14.0. The van der Waals surface area contributed by atoms with Crippen LogP contribution in [0, 0.1) is 0 Å². The molecule has 1 saturated carbocycles. The molecule has 19 heavy (non-hydrogen) atoms. The molecule has 0 atom stereocenters. The lowest BCUT2D eigenvalue weighted by Gasteiger charge is -2.24. The van der Waals surface area contributed by atoms with Gasteiger partial charge in [-0.05, 0) is 26.7 Å². The van der Waals surface area contributed by atoms with Gasteiger partial charge < -0.3 is 10.0 Å². The maximum absolute atomic E-state index is 12.2. The van der Waals surface area contributed by atoms with Crippen molar-refractivity contribution in [2.45, 2.75) is 45.1 Å². The second kappa shape index (κ2) is 5.38. The number of aliphatic carboxylic acids is 1. The molecule has 2 rings (SSSR count). The smallest absolute Gasteiger partial charge is 0.305 e. The number of carbonyl (C=O) groups is 2. The maximum atomic E-state index is 12.2. The highest BCUT2D eigenvalue weighted by molar-refractivity contribution is 5.90. The summed E-state index contributed by atoms with van der Waals surface area (Å²) in [5.74, 6) is 0.0401. The first-order chi connectivity index (χ1) is 8.99. The molecule has 1 aromatic heterocycles. The van der Waals surface area contributed by atoms with Gasteiger partial charge in [0.25, 0.3) is 5.91 Å². The summed E-state index contributed by atoms with van der Waals surface area (Å²) < 4.78 is 0. The third kappa shape index (κ3) is 3.30. The van der Waals surface area contributed by atoms with E-state index in [1.807, 2.05) is 13.8 Å². The number of aromatic nitrogens is 3. The fourth-order valence-electron chi connectivity index (χ4n) is 1.85. The Kier molecular flexibility index (Phi) is 3.82. The molecule has 104 valence electrons. The Bertz CT molecular complexity index is 479. The lowest BCUT2D eigenvalue weighted by molar-refractivity contribution is -0.137. The summed E-state index contributed by atoms with van der Waals surface area (Å²) in [5, 5.41) is 15.4. The van der Waals surface area contributed by atoms with Crippen molar-refractivity contribution in [3.8, 4) is 0 Å². The summed E-state index contributed by atoms with van der Waals surface area (Å²) in [6, 6.07) is -0.0882. The van der Waals surface area contributed by atoms with E-state index in [0.717, 1.165) is 18.7 Å². The van der Waals surface area contributed by atoms with E-state index in [-0.39, 0.29) is 30.7 Å². The first-order valence-electron chi connectivity index (χ1n) is 6.44. The van der Waals surface area contributed by atoms with Gasteiger partial charge in [0.05, 0.1) is 6.42 Å². The van der Waals surface area contributed by atoms with Crippen molar-refractivity contribution in [3.05, 3.63) is 11.6 Å². The van der Waals surface area contributed by atoms with E-state index in [0.29, 0.717) is 5.92 Å². The number of aromatic amines is 1.